The van der Waals surface area contributed by atoms with Gasteiger partial charge in [-0.25, -0.2) is 0 Å². The summed E-state index contributed by atoms with van der Waals surface area (Å²) in [7, 11) is 1.60. The molecule has 0 radical (unpaired) electrons. The molecule has 0 spiro atoms. The maximum atomic E-state index is 11.8. The molecule has 0 unspecified atom stereocenters. The van der Waals surface area contributed by atoms with Crippen LogP contribution in [0.5, 0.6) is 5.75 Å². The molecule has 148 valence electrons. The van der Waals surface area contributed by atoms with Gasteiger partial charge in [0.15, 0.2) is 5.82 Å². The molecule has 0 fully saturated rings. The first-order valence-electron chi connectivity index (χ1n) is 9.08. The summed E-state index contributed by atoms with van der Waals surface area (Å²) >= 11 is 6.06. The molecule has 4 rings (SSSR count). The summed E-state index contributed by atoms with van der Waals surface area (Å²) < 4.78 is 7.27. The molecular formula is C21H19ClN4O3. The van der Waals surface area contributed by atoms with Crippen LogP contribution in [0.15, 0.2) is 47.5 Å². The van der Waals surface area contributed by atoms with Gasteiger partial charge in [-0.3, -0.25) is 14.4 Å². The maximum absolute atomic E-state index is 11.8. The van der Waals surface area contributed by atoms with Crippen LogP contribution in [0.25, 0.3) is 5.69 Å². The molecule has 1 aliphatic rings. The minimum atomic E-state index is -0.954. The van der Waals surface area contributed by atoms with Crippen LogP contribution in [-0.4, -0.2) is 38.7 Å². The van der Waals surface area contributed by atoms with Crippen LogP contribution in [0.2, 0.25) is 5.02 Å². The Bertz CT molecular complexity index is 1120. The van der Waals surface area contributed by atoms with E-state index in [2.05, 4.69) is 10.2 Å². The van der Waals surface area contributed by atoms with Gasteiger partial charge in [-0.2, -0.15) is 0 Å². The van der Waals surface area contributed by atoms with Gasteiger partial charge >= 0.3 is 5.97 Å². The number of carboxylic acids is 1. The molecule has 1 N–H and O–H groups in total. The Morgan fingerprint density at radius 2 is 1.93 bits per heavy atom. The highest BCUT2D eigenvalue weighted by atomic mass is 35.5. The van der Waals surface area contributed by atoms with E-state index in [1.807, 2.05) is 41.8 Å². The second-order valence-corrected chi connectivity index (χ2v) is 7.32. The molecule has 1 aliphatic heterocycles. The summed E-state index contributed by atoms with van der Waals surface area (Å²) in [5.74, 6) is 0.0457. The van der Waals surface area contributed by atoms with Crippen molar-refractivity contribution in [2.75, 3.05) is 7.11 Å². The predicted molar refractivity (Wildman–Crippen MR) is 109 cm³/mol. The molecule has 0 saturated heterocycles. The first kappa shape index (κ1) is 19.1. The van der Waals surface area contributed by atoms with Gasteiger partial charge in [0.1, 0.15) is 17.6 Å². The van der Waals surface area contributed by atoms with Gasteiger partial charge in [0.2, 0.25) is 0 Å². The van der Waals surface area contributed by atoms with Crippen LogP contribution in [0.1, 0.15) is 35.7 Å². The number of nitrogens with zero attached hydrogens (tertiary/aromatic N) is 4. The molecule has 0 aliphatic carbocycles. The van der Waals surface area contributed by atoms with E-state index < -0.39 is 17.9 Å². The van der Waals surface area contributed by atoms with Crippen LogP contribution < -0.4 is 4.74 Å². The molecule has 0 amide bonds. The Morgan fingerprint density at radius 3 is 2.59 bits per heavy atom. The van der Waals surface area contributed by atoms with E-state index in [9.17, 15) is 9.90 Å². The molecule has 29 heavy (non-hydrogen) atoms. The predicted octanol–water partition coefficient (Wildman–Crippen LogP) is 3.85. The van der Waals surface area contributed by atoms with Gasteiger partial charge in [-0.05, 0) is 38.1 Å². The Balaban J connectivity index is 2.04. The Morgan fingerprint density at radius 1 is 1.21 bits per heavy atom. The van der Waals surface area contributed by atoms with E-state index in [1.54, 1.807) is 26.2 Å². The van der Waals surface area contributed by atoms with Gasteiger partial charge in [-0.1, -0.05) is 23.7 Å². The minimum Gasteiger partial charge on any atom is -0.497 e. The molecule has 0 bridgehead atoms. The van der Waals surface area contributed by atoms with Crippen LogP contribution in [0, 0.1) is 12.8 Å². The van der Waals surface area contributed by atoms with Gasteiger partial charge in [0, 0.05) is 22.2 Å². The number of aliphatic imine (C=N–C) groups is 1. The number of methoxy groups -OCH3 is 1. The van der Waals surface area contributed by atoms with Gasteiger partial charge in [-0.15, -0.1) is 10.2 Å². The Hall–Kier alpha value is -3.19. The van der Waals surface area contributed by atoms with Gasteiger partial charge in [0.25, 0.3) is 0 Å². The van der Waals surface area contributed by atoms with E-state index in [0.717, 1.165) is 16.8 Å². The third-order valence-corrected chi connectivity index (χ3v) is 5.32. The number of halogens is 1. The van der Waals surface area contributed by atoms with Gasteiger partial charge < -0.3 is 9.84 Å². The van der Waals surface area contributed by atoms with Crippen molar-refractivity contribution in [3.05, 3.63) is 70.3 Å². The van der Waals surface area contributed by atoms with Crippen molar-refractivity contribution < 1.29 is 14.6 Å². The number of benzene rings is 2. The average Bonchev–Trinajstić information content (AvgIpc) is 3.03. The SMILES string of the molecule is COc1ccc2c(c1)-n1c(C)nnc1[C@H]([C@@H](C)C(=O)O)N=C2c1ccc(Cl)cc1. The topological polar surface area (TPSA) is 89.6 Å². The summed E-state index contributed by atoms with van der Waals surface area (Å²) in [5.41, 5.74) is 3.12. The van der Waals surface area contributed by atoms with E-state index in [4.69, 9.17) is 21.3 Å². The molecule has 0 saturated carbocycles. The highest BCUT2D eigenvalue weighted by Crippen LogP contribution is 2.36. The van der Waals surface area contributed by atoms with Crippen molar-refractivity contribution in [1.82, 2.24) is 14.8 Å². The third kappa shape index (κ3) is 3.27. The summed E-state index contributed by atoms with van der Waals surface area (Å²) in [5, 5.41) is 18.8. The number of aryl methyl sites for hydroxylation is 1. The zero-order valence-electron chi connectivity index (χ0n) is 16.1. The number of ether oxygens (including phenoxy) is 1. The van der Waals surface area contributed by atoms with E-state index in [0.29, 0.717) is 28.1 Å². The first-order chi connectivity index (χ1) is 13.9. The van der Waals surface area contributed by atoms with Crippen molar-refractivity contribution in [2.24, 2.45) is 10.9 Å². The van der Waals surface area contributed by atoms with Crippen molar-refractivity contribution in [2.45, 2.75) is 19.9 Å². The van der Waals surface area contributed by atoms with E-state index in [1.165, 1.54) is 0 Å². The highest BCUT2D eigenvalue weighted by molar-refractivity contribution is 6.30. The summed E-state index contributed by atoms with van der Waals surface area (Å²) in [6.07, 6.45) is 0. The summed E-state index contributed by atoms with van der Waals surface area (Å²) in [6.45, 7) is 3.45. The van der Waals surface area contributed by atoms with Gasteiger partial charge in [0.05, 0.1) is 24.4 Å². The normalized spacial score (nSPS) is 16.3. The van der Waals surface area contributed by atoms with Crippen molar-refractivity contribution in [3.63, 3.8) is 0 Å². The number of hydrogen-bond acceptors (Lipinski definition) is 5. The lowest BCUT2D eigenvalue weighted by molar-refractivity contribution is -0.141. The fourth-order valence-electron chi connectivity index (χ4n) is 3.47. The second-order valence-electron chi connectivity index (χ2n) is 6.88. The van der Waals surface area contributed by atoms with Crippen molar-refractivity contribution >= 4 is 23.3 Å². The first-order valence-corrected chi connectivity index (χ1v) is 9.45. The lowest BCUT2D eigenvalue weighted by Gasteiger charge is -2.16. The van der Waals surface area contributed by atoms with E-state index in [-0.39, 0.29) is 0 Å². The fraction of sp³-hybridized carbons (Fsp3) is 0.238. The summed E-state index contributed by atoms with van der Waals surface area (Å²) in [6, 6.07) is 12.3. The quantitative estimate of drug-likeness (QED) is 0.705. The Kier molecular flexibility index (Phi) is 4.84. The summed E-state index contributed by atoms with van der Waals surface area (Å²) in [4.78, 5) is 16.7. The number of carboxylic acid groups (broad SMARTS) is 1. The third-order valence-electron chi connectivity index (χ3n) is 5.06. The minimum absolute atomic E-state index is 0.482. The van der Waals surface area contributed by atoms with Crippen LogP contribution in [0.4, 0.5) is 0 Å². The zero-order valence-corrected chi connectivity index (χ0v) is 16.9. The average molecular weight is 411 g/mol. The Labute approximate surface area is 172 Å². The molecule has 1 aromatic heterocycles. The number of rotatable bonds is 4. The number of fused-ring (bicyclic) bond motifs is 3. The number of carbonyl (C=O) groups is 1. The number of hydrogen-bond donors (Lipinski definition) is 1. The molecule has 2 heterocycles. The molecular weight excluding hydrogens is 392 g/mol. The lowest BCUT2D eigenvalue weighted by Crippen LogP contribution is -2.20. The van der Waals surface area contributed by atoms with Crippen LogP contribution in [0.3, 0.4) is 0 Å². The monoisotopic (exact) mass is 410 g/mol. The zero-order chi connectivity index (χ0) is 20.7. The fourth-order valence-corrected chi connectivity index (χ4v) is 3.59. The van der Waals surface area contributed by atoms with Crippen LogP contribution >= 0.6 is 11.6 Å². The van der Waals surface area contributed by atoms with Crippen molar-refractivity contribution in [3.8, 4) is 11.4 Å². The lowest BCUT2D eigenvalue weighted by atomic mass is 9.99. The molecule has 2 aromatic carbocycles. The molecule has 8 heteroatoms. The number of aromatic nitrogens is 3. The molecule has 7 nitrogen and oxygen atoms in total. The van der Waals surface area contributed by atoms with Crippen LogP contribution in [-0.2, 0) is 4.79 Å². The smallest absolute Gasteiger partial charge is 0.308 e. The molecule has 3 aromatic rings. The standard InChI is InChI=1S/C21H19ClN4O3/c1-11(21(27)28)18-20-25-24-12(2)26(20)17-10-15(29-3)8-9-16(17)19(23-18)13-4-6-14(22)7-5-13/h4-11,18H,1-3H3,(H,27,28)/t11-,18+/m1/s1. The van der Waals surface area contributed by atoms with Crippen molar-refractivity contribution in [1.29, 1.82) is 0 Å². The van der Waals surface area contributed by atoms with E-state index >= 15 is 0 Å². The second kappa shape index (κ2) is 7.33. The molecule has 2 atom stereocenters. The maximum Gasteiger partial charge on any atom is 0.308 e. The largest absolute Gasteiger partial charge is 0.497 e. The highest BCUT2D eigenvalue weighted by Gasteiger charge is 2.34. The number of aliphatic carboxylic acids is 1.